The lowest BCUT2D eigenvalue weighted by Gasteiger charge is -2.50. The molecule has 7 heterocycles. The van der Waals surface area contributed by atoms with Crippen LogP contribution in [-0.4, -0.2) is 91.0 Å². The Morgan fingerprint density at radius 1 is 1.00 bits per heavy atom. The standard InChI is InChI=1S/C48H53FN10O4S/c1-30(36-6-4-19-52-43(36)56(24-31-7-11-34(61-2)12-8-31)25-32-9-13-35(62-3)14-10-32)59-21-16-39(60)53-41-44(57-27-47(28-57)18-15-38-40(47)37(23-50)42(51)64-38)54-46(55-45(41)59)63-29-48-17-5-20-58(48)26-33(49)22-48/h4,6-14,19,30,33H,5,15-18,20-22,24-29,51H2,1-3H3,(H,53,60)/t30?,33-,48+/m1/s1. The van der Waals surface area contributed by atoms with Crippen molar-refractivity contribution in [1.29, 1.82) is 5.26 Å². The minimum Gasteiger partial charge on any atom is -0.497 e. The molecule has 16 heteroatoms. The molecule has 0 saturated carbocycles. The van der Waals surface area contributed by atoms with Crippen molar-refractivity contribution in [3.8, 4) is 23.6 Å². The molecule has 3 aromatic heterocycles. The summed E-state index contributed by atoms with van der Waals surface area (Å²) in [5.74, 6) is 3.33. The van der Waals surface area contributed by atoms with Crippen molar-refractivity contribution in [3.05, 3.63) is 99.6 Å². The number of nitrogen functional groups attached to an aromatic ring is 1. The van der Waals surface area contributed by atoms with Gasteiger partial charge in [-0.3, -0.25) is 9.69 Å². The van der Waals surface area contributed by atoms with Gasteiger partial charge in [0, 0.05) is 74.2 Å². The number of benzene rings is 2. The molecule has 3 fully saturated rings. The number of thiophene rings is 1. The highest BCUT2D eigenvalue weighted by molar-refractivity contribution is 7.16. The molecule has 1 amide bonds. The largest absolute Gasteiger partial charge is 0.497 e. The Morgan fingerprint density at radius 2 is 1.70 bits per heavy atom. The van der Waals surface area contributed by atoms with Gasteiger partial charge in [-0.1, -0.05) is 30.3 Å². The Kier molecular flexibility index (Phi) is 10.9. The van der Waals surface area contributed by atoms with E-state index in [0.717, 1.165) is 71.8 Å². The fourth-order valence-electron chi connectivity index (χ4n) is 10.8. The molecule has 3 atom stereocenters. The van der Waals surface area contributed by atoms with E-state index < -0.39 is 11.7 Å². The number of nitrogens with zero attached hydrogens (tertiary/aromatic N) is 8. The van der Waals surface area contributed by atoms with Gasteiger partial charge in [-0.2, -0.15) is 15.2 Å². The molecule has 1 spiro atoms. The number of nitrogens with one attached hydrogen (secondary N) is 1. The van der Waals surface area contributed by atoms with Gasteiger partial charge in [-0.25, -0.2) is 9.37 Å². The highest BCUT2D eigenvalue weighted by Crippen LogP contribution is 2.54. The summed E-state index contributed by atoms with van der Waals surface area (Å²) < 4.78 is 32.5. The first-order valence-corrected chi connectivity index (χ1v) is 22.9. The second-order valence-electron chi connectivity index (χ2n) is 17.9. The fraction of sp³-hybridized carbons (Fsp3) is 0.438. The first-order valence-electron chi connectivity index (χ1n) is 22.1. The van der Waals surface area contributed by atoms with E-state index in [1.54, 1.807) is 14.2 Å². The number of hydrogen-bond acceptors (Lipinski definition) is 14. The summed E-state index contributed by atoms with van der Waals surface area (Å²) in [4.78, 5) is 39.1. The Morgan fingerprint density at radius 3 is 2.39 bits per heavy atom. The van der Waals surface area contributed by atoms with Crippen molar-refractivity contribution < 1.29 is 23.4 Å². The number of carbonyl (C=O) groups is 1. The third-order valence-corrected chi connectivity index (χ3v) is 15.1. The van der Waals surface area contributed by atoms with Gasteiger partial charge in [0.15, 0.2) is 11.6 Å². The van der Waals surface area contributed by atoms with Crippen LogP contribution in [0.5, 0.6) is 17.5 Å². The van der Waals surface area contributed by atoms with Crippen molar-refractivity contribution in [2.24, 2.45) is 0 Å². The number of alkyl halides is 1. The zero-order valence-corrected chi connectivity index (χ0v) is 37.3. The van der Waals surface area contributed by atoms with Gasteiger partial charge in [0.25, 0.3) is 0 Å². The third-order valence-electron chi connectivity index (χ3n) is 14.1. The summed E-state index contributed by atoms with van der Waals surface area (Å²) in [6.07, 6.45) is 5.16. The normalized spacial score (nSPS) is 21.3. The molecule has 4 aliphatic heterocycles. The molecule has 5 aromatic rings. The van der Waals surface area contributed by atoms with Crippen LogP contribution in [-0.2, 0) is 29.7 Å². The quantitative estimate of drug-likeness (QED) is 0.123. The monoisotopic (exact) mass is 884 g/mol. The molecular weight excluding hydrogens is 832 g/mol. The number of aromatic nitrogens is 3. The van der Waals surface area contributed by atoms with Gasteiger partial charge < -0.3 is 40.0 Å². The van der Waals surface area contributed by atoms with Gasteiger partial charge in [-0.15, -0.1) is 11.3 Å². The molecule has 332 valence electrons. The van der Waals surface area contributed by atoms with Crippen LogP contribution < -0.4 is 40.0 Å². The van der Waals surface area contributed by atoms with Crippen molar-refractivity contribution >= 4 is 45.4 Å². The molecule has 10 rings (SSSR count). The number of pyridine rings is 1. The van der Waals surface area contributed by atoms with E-state index in [4.69, 9.17) is 34.9 Å². The van der Waals surface area contributed by atoms with Gasteiger partial charge in [0.05, 0.1) is 31.4 Å². The van der Waals surface area contributed by atoms with E-state index in [1.807, 2.05) is 36.5 Å². The predicted octanol–water partition coefficient (Wildman–Crippen LogP) is 7.18. The first kappa shape index (κ1) is 41.8. The van der Waals surface area contributed by atoms with E-state index in [2.05, 4.69) is 68.2 Å². The smallest absolute Gasteiger partial charge is 0.320 e. The molecule has 3 saturated heterocycles. The highest BCUT2D eigenvalue weighted by atomic mass is 32.1. The van der Waals surface area contributed by atoms with E-state index in [9.17, 15) is 14.4 Å². The average molecular weight is 885 g/mol. The molecule has 0 bridgehead atoms. The van der Waals surface area contributed by atoms with Crippen LogP contribution in [0.2, 0.25) is 0 Å². The van der Waals surface area contributed by atoms with Gasteiger partial charge in [0.1, 0.15) is 46.9 Å². The number of methoxy groups -OCH3 is 2. The molecule has 1 unspecified atom stereocenters. The minimum absolute atomic E-state index is 0.141. The molecule has 1 aliphatic carbocycles. The summed E-state index contributed by atoms with van der Waals surface area (Å²) >= 11 is 1.52. The Hall–Kier alpha value is -6.18. The molecule has 64 heavy (non-hydrogen) atoms. The summed E-state index contributed by atoms with van der Waals surface area (Å²) in [7, 11) is 3.33. The van der Waals surface area contributed by atoms with E-state index in [-0.39, 0.29) is 36.4 Å². The summed E-state index contributed by atoms with van der Waals surface area (Å²) in [6, 6.07) is 22.4. The van der Waals surface area contributed by atoms with Crippen LogP contribution in [0.3, 0.4) is 0 Å². The second-order valence-corrected chi connectivity index (χ2v) is 19.1. The van der Waals surface area contributed by atoms with Crippen molar-refractivity contribution in [2.75, 3.05) is 79.3 Å². The van der Waals surface area contributed by atoms with Gasteiger partial charge >= 0.3 is 6.01 Å². The Labute approximate surface area is 376 Å². The number of amides is 1. The van der Waals surface area contributed by atoms with Crippen molar-refractivity contribution in [2.45, 2.75) is 81.7 Å². The van der Waals surface area contributed by atoms with Crippen LogP contribution in [0, 0.1) is 11.3 Å². The molecule has 2 aromatic carbocycles. The van der Waals surface area contributed by atoms with E-state index >= 15 is 0 Å². The third kappa shape index (κ3) is 7.47. The molecule has 0 radical (unpaired) electrons. The maximum Gasteiger partial charge on any atom is 0.320 e. The number of hydrogen-bond donors (Lipinski definition) is 2. The number of fused-ring (bicyclic) bond motifs is 4. The van der Waals surface area contributed by atoms with Gasteiger partial charge in [0.2, 0.25) is 5.91 Å². The number of anilines is 5. The van der Waals surface area contributed by atoms with Crippen LogP contribution in [0.4, 0.5) is 32.5 Å². The molecule has 5 aliphatic rings. The number of halogens is 1. The number of nitriles is 1. The zero-order valence-electron chi connectivity index (χ0n) is 36.5. The van der Waals surface area contributed by atoms with Crippen LogP contribution in [0.15, 0.2) is 66.9 Å². The second kappa shape index (κ2) is 16.7. The number of carbonyl (C=O) groups excluding carboxylic acids is 1. The predicted molar refractivity (Wildman–Crippen MR) is 245 cm³/mol. The maximum absolute atomic E-state index is 14.9. The lowest BCUT2D eigenvalue weighted by atomic mass is 9.74. The lowest BCUT2D eigenvalue weighted by molar-refractivity contribution is -0.116. The molecule has 3 N–H and O–H groups in total. The fourth-order valence-corrected chi connectivity index (χ4v) is 12.0. The Bertz CT molecular complexity index is 2550. The van der Waals surface area contributed by atoms with Crippen molar-refractivity contribution in [3.63, 3.8) is 0 Å². The van der Waals surface area contributed by atoms with E-state index in [1.165, 1.54) is 16.2 Å². The molecular formula is C48H53FN10O4S. The zero-order chi connectivity index (χ0) is 44.2. The minimum atomic E-state index is -0.903. The SMILES string of the molecule is COc1ccc(CN(Cc2ccc(OC)cc2)c2ncccc2C(C)N2CCC(=O)Nc3c(N4CC5(CCc6sc(N)c(C#N)c65)C4)nc(OC[C@@]45CCCN4C[C@H](F)C5)nc32)cc1. The van der Waals surface area contributed by atoms with Crippen LogP contribution >= 0.6 is 11.3 Å². The average Bonchev–Trinajstić information content (AvgIpc) is 4.01. The lowest BCUT2D eigenvalue weighted by Crippen LogP contribution is -2.59. The Balaban J connectivity index is 1.03. The number of rotatable bonds is 13. The number of nitrogens with two attached hydrogens (primary N) is 1. The summed E-state index contributed by atoms with van der Waals surface area (Å²) in [5, 5.41) is 13.9. The van der Waals surface area contributed by atoms with Crippen LogP contribution in [0.25, 0.3) is 0 Å². The first-order chi connectivity index (χ1) is 31.1. The van der Waals surface area contributed by atoms with Gasteiger partial charge in [-0.05, 0) is 86.2 Å². The molecule has 14 nitrogen and oxygen atoms in total. The number of ether oxygens (including phenoxy) is 3. The maximum atomic E-state index is 14.9. The van der Waals surface area contributed by atoms with Crippen LogP contribution in [0.1, 0.15) is 77.8 Å². The topological polar surface area (TPSA) is 158 Å². The summed E-state index contributed by atoms with van der Waals surface area (Å²) in [5.41, 5.74) is 11.0. The highest BCUT2D eigenvalue weighted by Gasteiger charge is 2.53. The van der Waals surface area contributed by atoms with E-state index in [0.29, 0.717) is 73.6 Å². The van der Waals surface area contributed by atoms with Crippen molar-refractivity contribution in [1.82, 2.24) is 19.9 Å². The summed E-state index contributed by atoms with van der Waals surface area (Å²) in [6.45, 7) is 6.33. The number of aryl methyl sites for hydroxylation is 1.